The van der Waals surface area contributed by atoms with Crippen molar-refractivity contribution in [3.8, 4) is 0 Å². The molecule has 9 atom stereocenters. The Balaban J connectivity index is 1.80. The van der Waals surface area contributed by atoms with Crippen molar-refractivity contribution < 1.29 is 56.9 Å². The van der Waals surface area contributed by atoms with E-state index in [1.807, 2.05) is 26.2 Å². The van der Waals surface area contributed by atoms with Crippen LogP contribution in [0, 0.1) is 16.7 Å². The Labute approximate surface area is 284 Å². The lowest BCUT2D eigenvalue weighted by atomic mass is 9.44. The SMILES string of the molecule is CO[Si](C)(C)O[Si](C)(C)O[C@H]1C[C@H]2OC[C@@]2(OC(C)=O)C2C(OC(=O)c3ccccc3)[C@]3(O)C[C@H](O)C(C)=C([C@@H](O)C(=O)[C@@]21C)C3(C)C. The normalized spacial score (nSPS) is 37.7. The van der Waals surface area contributed by atoms with E-state index in [4.69, 9.17) is 27.2 Å². The van der Waals surface area contributed by atoms with E-state index in [1.165, 1.54) is 6.92 Å². The number of fused-ring (bicyclic) bond motifs is 5. The van der Waals surface area contributed by atoms with Gasteiger partial charge in [0.25, 0.3) is 0 Å². The number of aliphatic hydroxyl groups excluding tert-OH is 2. The minimum atomic E-state index is -3.12. The molecule has 1 aromatic carbocycles. The Morgan fingerprint density at radius 3 is 2.19 bits per heavy atom. The zero-order valence-electron chi connectivity index (χ0n) is 29.5. The van der Waals surface area contributed by atoms with E-state index in [0.29, 0.717) is 5.57 Å². The zero-order valence-corrected chi connectivity index (χ0v) is 31.5. The quantitative estimate of drug-likeness (QED) is 0.206. The van der Waals surface area contributed by atoms with Gasteiger partial charge in [-0.05, 0) is 63.3 Å². The maximum Gasteiger partial charge on any atom is 0.338 e. The minimum absolute atomic E-state index is 0.0787. The predicted octanol–water partition coefficient (Wildman–Crippen LogP) is 3.17. The van der Waals surface area contributed by atoms with Gasteiger partial charge in [-0.1, -0.05) is 32.0 Å². The van der Waals surface area contributed by atoms with Gasteiger partial charge in [0, 0.05) is 32.3 Å². The average Bonchev–Trinajstić information content (AvgIpc) is 2.98. The van der Waals surface area contributed by atoms with Gasteiger partial charge in [-0.25, -0.2) is 4.79 Å². The van der Waals surface area contributed by atoms with Gasteiger partial charge >= 0.3 is 29.1 Å². The fraction of sp³-hybridized carbons (Fsp3) is 0.676. The summed E-state index contributed by atoms with van der Waals surface area (Å²) in [6.07, 6.45) is -6.66. The van der Waals surface area contributed by atoms with Crippen LogP contribution in [0.5, 0.6) is 0 Å². The highest BCUT2D eigenvalue weighted by molar-refractivity contribution is 6.78. The molecule has 0 radical (unpaired) electrons. The molecule has 2 bridgehead atoms. The summed E-state index contributed by atoms with van der Waals surface area (Å²) < 4.78 is 37.5. The number of hydrogen-bond acceptors (Lipinski definition) is 12. The highest BCUT2D eigenvalue weighted by Gasteiger charge is 2.78. The zero-order chi connectivity index (χ0) is 35.8. The molecule has 2 saturated carbocycles. The Morgan fingerprint density at radius 2 is 1.65 bits per heavy atom. The van der Waals surface area contributed by atoms with E-state index < -0.39 is 93.3 Å². The minimum Gasteiger partial charge on any atom is -0.455 e. The Bertz CT molecular complexity index is 1490. The van der Waals surface area contributed by atoms with Crippen molar-refractivity contribution in [3.05, 3.63) is 47.0 Å². The number of benzene rings is 1. The van der Waals surface area contributed by atoms with Gasteiger partial charge in [-0.2, -0.15) is 0 Å². The molecule has 0 aromatic heterocycles. The number of esters is 2. The van der Waals surface area contributed by atoms with Gasteiger partial charge in [0.15, 0.2) is 11.4 Å². The van der Waals surface area contributed by atoms with E-state index in [2.05, 4.69) is 0 Å². The summed E-state index contributed by atoms with van der Waals surface area (Å²) in [5.41, 5.74) is -6.12. The van der Waals surface area contributed by atoms with E-state index in [0.717, 1.165) is 0 Å². The second-order valence-corrected chi connectivity index (χ2v) is 22.4. The number of carbonyl (C=O) groups excluding carboxylic acids is 3. The molecule has 4 aliphatic rings. The summed E-state index contributed by atoms with van der Waals surface area (Å²) in [6, 6.07) is 8.22. The Morgan fingerprint density at radius 1 is 1.02 bits per heavy atom. The van der Waals surface area contributed by atoms with Crippen LogP contribution in [0.15, 0.2) is 41.5 Å². The third kappa shape index (κ3) is 5.66. The molecule has 12 nitrogen and oxygen atoms in total. The summed E-state index contributed by atoms with van der Waals surface area (Å²) >= 11 is 0. The Kier molecular flexibility index (Phi) is 9.40. The summed E-state index contributed by atoms with van der Waals surface area (Å²) in [4.78, 5) is 42.0. The van der Waals surface area contributed by atoms with Crippen molar-refractivity contribution >= 4 is 34.8 Å². The molecule has 1 aromatic rings. The largest absolute Gasteiger partial charge is 0.455 e. The first-order chi connectivity index (χ1) is 22.1. The molecule has 3 fully saturated rings. The predicted molar refractivity (Wildman–Crippen MR) is 177 cm³/mol. The number of aliphatic hydroxyl groups is 3. The first kappa shape index (κ1) is 37.0. The second-order valence-electron chi connectivity index (χ2n) is 15.4. The van der Waals surface area contributed by atoms with E-state index in [-0.39, 0.29) is 30.6 Å². The molecule has 1 saturated heterocycles. The fourth-order valence-corrected chi connectivity index (χ4v) is 15.1. The molecule has 5 rings (SSSR count). The third-order valence-corrected chi connectivity index (χ3v) is 17.1. The number of ketones is 1. The molecular formula is C34H50O12Si2. The first-order valence-electron chi connectivity index (χ1n) is 16.4. The maximum absolute atomic E-state index is 15.2. The summed E-state index contributed by atoms with van der Waals surface area (Å²) in [5, 5.41) is 36.5. The van der Waals surface area contributed by atoms with Gasteiger partial charge in [-0.15, -0.1) is 0 Å². The van der Waals surface area contributed by atoms with Gasteiger partial charge in [-0.3, -0.25) is 9.59 Å². The van der Waals surface area contributed by atoms with Crippen molar-refractivity contribution in [2.45, 2.75) is 115 Å². The van der Waals surface area contributed by atoms with E-state index in [1.54, 1.807) is 65.1 Å². The molecule has 1 aliphatic heterocycles. The third-order valence-electron chi connectivity index (χ3n) is 11.3. The van der Waals surface area contributed by atoms with Crippen molar-refractivity contribution in [1.29, 1.82) is 0 Å². The summed E-state index contributed by atoms with van der Waals surface area (Å²) in [6.45, 7) is 15.1. The lowest BCUT2D eigenvalue weighted by Gasteiger charge is -2.68. The van der Waals surface area contributed by atoms with Crippen LogP contribution in [0.3, 0.4) is 0 Å². The number of hydrogen-bond donors (Lipinski definition) is 3. The van der Waals surface area contributed by atoms with Crippen molar-refractivity contribution in [2.24, 2.45) is 16.7 Å². The van der Waals surface area contributed by atoms with Crippen molar-refractivity contribution in [1.82, 2.24) is 0 Å². The highest BCUT2D eigenvalue weighted by atomic mass is 28.5. The molecule has 48 heavy (non-hydrogen) atoms. The molecule has 0 spiro atoms. The number of Topliss-reactive ketones (excluding diaryl/α,β-unsaturated/α-hetero) is 1. The van der Waals surface area contributed by atoms with Gasteiger partial charge in [0.05, 0.1) is 35.7 Å². The van der Waals surface area contributed by atoms with Crippen LogP contribution >= 0.6 is 0 Å². The number of ether oxygens (including phenoxy) is 3. The molecule has 3 aliphatic carbocycles. The second kappa shape index (κ2) is 12.2. The average molecular weight is 707 g/mol. The van der Waals surface area contributed by atoms with Crippen molar-refractivity contribution in [3.63, 3.8) is 0 Å². The monoisotopic (exact) mass is 706 g/mol. The smallest absolute Gasteiger partial charge is 0.338 e. The lowest BCUT2D eigenvalue weighted by molar-refractivity contribution is -0.345. The summed E-state index contributed by atoms with van der Waals surface area (Å²) in [7, 11) is -4.21. The van der Waals surface area contributed by atoms with Gasteiger partial charge < -0.3 is 42.5 Å². The first-order valence-corrected chi connectivity index (χ1v) is 22.1. The molecule has 266 valence electrons. The van der Waals surface area contributed by atoms with Gasteiger partial charge in [0.1, 0.15) is 23.9 Å². The van der Waals surface area contributed by atoms with Crippen molar-refractivity contribution in [2.75, 3.05) is 13.7 Å². The molecule has 0 amide bonds. The highest BCUT2D eigenvalue weighted by Crippen LogP contribution is 2.64. The van der Waals surface area contributed by atoms with Crippen LogP contribution in [-0.2, 0) is 36.8 Å². The topological polar surface area (TPSA) is 167 Å². The lowest BCUT2D eigenvalue weighted by Crippen LogP contribution is -2.82. The van der Waals surface area contributed by atoms with Crippen LogP contribution in [0.25, 0.3) is 0 Å². The van der Waals surface area contributed by atoms with Crippen LogP contribution < -0.4 is 0 Å². The maximum atomic E-state index is 15.2. The number of rotatable bonds is 8. The molecule has 3 N–H and O–H groups in total. The van der Waals surface area contributed by atoms with E-state index in [9.17, 15) is 24.9 Å². The Hall–Kier alpha value is -2.28. The van der Waals surface area contributed by atoms with Crippen LogP contribution in [0.4, 0.5) is 0 Å². The fourth-order valence-electron chi connectivity index (χ4n) is 8.81. The van der Waals surface area contributed by atoms with Gasteiger partial charge in [0.2, 0.25) is 0 Å². The van der Waals surface area contributed by atoms with Crippen LogP contribution in [-0.4, -0.2) is 106 Å². The molecule has 1 heterocycles. The molecule has 2 unspecified atom stereocenters. The summed E-state index contributed by atoms with van der Waals surface area (Å²) in [5.74, 6) is -3.42. The molecule has 14 heteroatoms. The van der Waals surface area contributed by atoms with E-state index >= 15 is 4.79 Å². The van der Waals surface area contributed by atoms with Crippen LogP contribution in [0.1, 0.15) is 57.8 Å². The standard InChI is InChI=1S/C34H50O12Si2/c1-19-22(36)17-34(40)29(43-30(39)21-14-12-11-13-15-21)27-32(5,28(38)26(37)25(19)31(34,3)4)23(45-48(9,10)46-47(7,8)41-6)16-24-33(27,18-42-24)44-20(2)35/h11-15,22-24,26-27,29,36-37,40H,16-18H2,1-10H3/t22-,23-,24+,26+,27?,29?,32+,33-,34+/m0/s1. The van der Waals surface area contributed by atoms with Crippen LogP contribution in [0.2, 0.25) is 26.2 Å². The molecular weight excluding hydrogens is 657 g/mol. The number of carbonyl (C=O) groups is 3.